The first-order valence-electron chi connectivity index (χ1n) is 11.3. The molecular formula is C26H29NO4S. The molecule has 1 unspecified atom stereocenters. The zero-order valence-corrected chi connectivity index (χ0v) is 19.3. The molecule has 0 N–H and O–H groups in total. The van der Waals surface area contributed by atoms with Gasteiger partial charge in [0.15, 0.2) is 16.5 Å². The van der Waals surface area contributed by atoms with Crippen LogP contribution < -0.4 is 0 Å². The third kappa shape index (κ3) is 5.81. The second kappa shape index (κ2) is 10.8. The van der Waals surface area contributed by atoms with Crippen molar-refractivity contribution in [2.75, 3.05) is 13.2 Å². The van der Waals surface area contributed by atoms with Crippen molar-refractivity contribution in [1.82, 2.24) is 5.16 Å². The van der Waals surface area contributed by atoms with Gasteiger partial charge < -0.3 is 14.0 Å². The van der Waals surface area contributed by atoms with E-state index in [4.69, 9.17) is 26.2 Å². The quantitative estimate of drug-likeness (QED) is 0.284. The molecule has 1 aliphatic rings. The molecule has 6 heteroatoms. The molecule has 0 bridgehead atoms. The van der Waals surface area contributed by atoms with Gasteiger partial charge in [-0.05, 0) is 60.2 Å². The van der Waals surface area contributed by atoms with Crippen LogP contribution in [0.1, 0.15) is 60.0 Å². The van der Waals surface area contributed by atoms with Crippen molar-refractivity contribution in [2.45, 2.75) is 52.1 Å². The molecule has 1 aromatic heterocycles. The van der Waals surface area contributed by atoms with Gasteiger partial charge in [0, 0.05) is 33.0 Å². The summed E-state index contributed by atoms with van der Waals surface area (Å²) in [6, 6.07) is 14.9. The summed E-state index contributed by atoms with van der Waals surface area (Å²) in [6.07, 6.45) is 4.79. The number of ketones is 1. The van der Waals surface area contributed by atoms with Crippen LogP contribution in [0.15, 0.2) is 47.0 Å². The summed E-state index contributed by atoms with van der Waals surface area (Å²) < 4.78 is 16.6. The average molecular weight is 452 g/mol. The Morgan fingerprint density at radius 2 is 2.03 bits per heavy atom. The molecule has 168 valence electrons. The first-order chi connectivity index (χ1) is 15.6. The highest BCUT2D eigenvalue weighted by Crippen LogP contribution is 2.24. The molecule has 1 fully saturated rings. The predicted molar refractivity (Wildman–Crippen MR) is 128 cm³/mol. The van der Waals surface area contributed by atoms with Gasteiger partial charge in [-0.1, -0.05) is 47.6 Å². The maximum atomic E-state index is 12.8. The molecule has 2 aromatic carbocycles. The third-order valence-electron chi connectivity index (χ3n) is 6.04. The Balaban J connectivity index is 1.40. The third-order valence-corrected chi connectivity index (χ3v) is 6.16. The molecule has 1 atom stereocenters. The standard InChI is InChI=1S/C26H29NO4S/c1-18(32)30-17-23-25(31-27-26(23)24(28)12-10-20-13-14-29-16-20)8-4-5-19-9-11-21-6-2-3-7-22(21)15-19/h2-3,6-7,9,11,15,20H,4-5,8,10,12-14,16-17H2,1H3. The average Bonchev–Trinajstić information content (AvgIpc) is 3.46. The van der Waals surface area contributed by atoms with E-state index in [0.29, 0.717) is 29.5 Å². The molecule has 32 heavy (non-hydrogen) atoms. The number of aryl methyl sites for hydroxylation is 2. The van der Waals surface area contributed by atoms with E-state index in [0.717, 1.165) is 50.2 Å². The van der Waals surface area contributed by atoms with Gasteiger partial charge in [0.25, 0.3) is 0 Å². The number of Topliss-reactive ketones (excluding diaryl/α,β-unsaturated/α-hetero) is 1. The van der Waals surface area contributed by atoms with Gasteiger partial charge in [0.2, 0.25) is 0 Å². The zero-order chi connectivity index (χ0) is 22.3. The van der Waals surface area contributed by atoms with Crippen LogP contribution in [0.3, 0.4) is 0 Å². The predicted octanol–water partition coefficient (Wildman–Crippen LogP) is 5.87. The minimum atomic E-state index is 0.00190. The van der Waals surface area contributed by atoms with Gasteiger partial charge >= 0.3 is 0 Å². The second-order valence-corrected chi connectivity index (χ2v) is 9.01. The lowest BCUT2D eigenvalue weighted by molar-refractivity contribution is 0.0960. The molecule has 0 radical (unpaired) electrons. The summed E-state index contributed by atoms with van der Waals surface area (Å²) in [4.78, 5) is 12.8. The van der Waals surface area contributed by atoms with Gasteiger partial charge in [0.1, 0.15) is 12.4 Å². The summed E-state index contributed by atoms with van der Waals surface area (Å²) in [6.45, 7) is 3.48. The van der Waals surface area contributed by atoms with E-state index in [1.54, 1.807) is 6.92 Å². The van der Waals surface area contributed by atoms with Crippen LogP contribution in [0.4, 0.5) is 0 Å². The lowest BCUT2D eigenvalue weighted by Gasteiger charge is -2.08. The van der Waals surface area contributed by atoms with Gasteiger partial charge in [-0.2, -0.15) is 0 Å². The molecule has 0 saturated carbocycles. The fourth-order valence-corrected chi connectivity index (χ4v) is 4.25. The van der Waals surface area contributed by atoms with Gasteiger partial charge in [0.05, 0.1) is 5.56 Å². The number of aromatic nitrogens is 1. The fraction of sp³-hybridized carbons (Fsp3) is 0.423. The zero-order valence-electron chi connectivity index (χ0n) is 18.5. The van der Waals surface area contributed by atoms with Crippen molar-refractivity contribution in [2.24, 2.45) is 5.92 Å². The Hall–Kier alpha value is -2.57. The summed E-state index contributed by atoms with van der Waals surface area (Å²) in [5.74, 6) is 1.17. The van der Waals surface area contributed by atoms with Crippen molar-refractivity contribution in [3.05, 3.63) is 65.0 Å². The van der Waals surface area contributed by atoms with Crippen LogP contribution in [-0.4, -0.2) is 29.2 Å². The van der Waals surface area contributed by atoms with Crippen molar-refractivity contribution in [1.29, 1.82) is 0 Å². The van der Waals surface area contributed by atoms with Crippen LogP contribution in [0.5, 0.6) is 0 Å². The molecule has 0 aliphatic carbocycles. The number of fused-ring (bicyclic) bond motifs is 1. The molecule has 4 rings (SSSR count). The topological polar surface area (TPSA) is 61.6 Å². The van der Waals surface area contributed by atoms with Crippen molar-refractivity contribution in [3.63, 3.8) is 0 Å². The number of benzene rings is 2. The second-order valence-electron chi connectivity index (χ2n) is 8.44. The minimum absolute atomic E-state index is 0.00190. The Bertz CT molecular complexity index is 1080. The summed E-state index contributed by atoms with van der Waals surface area (Å²) in [7, 11) is 0. The Labute approximate surface area is 194 Å². The molecule has 1 aliphatic heterocycles. The van der Waals surface area contributed by atoms with Gasteiger partial charge in [-0.25, -0.2) is 0 Å². The maximum absolute atomic E-state index is 12.8. The smallest absolute Gasteiger partial charge is 0.185 e. The first-order valence-corrected chi connectivity index (χ1v) is 11.7. The lowest BCUT2D eigenvalue weighted by Crippen LogP contribution is -2.09. The molecule has 5 nitrogen and oxygen atoms in total. The van der Waals surface area contributed by atoms with Crippen LogP contribution >= 0.6 is 12.2 Å². The van der Waals surface area contributed by atoms with Crippen LogP contribution in [-0.2, 0) is 28.9 Å². The Morgan fingerprint density at radius 1 is 1.19 bits per heavy atom. The van der Waals surface area contributed by atoms with E-state index >= 15 is 0 Å². The monoisotopic (exact) mass is 451 g/mol. The number of rotatable bonds is 10. The Kier molecular flexibility index (Phi) is 7.66. The van der Waals surface area contributed by atoms with E-state index < -0.39 is 0 Å². The van der Waals surface area contributed by atoms with E-state index in [-0.39, 0.29) is 12.4 Å². The molecule has 3 aromatic rings. The fourth-order valence-electron chi connectivity index (χ4n) is 4.19. The Morgan fingerprint density at radius 3 is 2.81 bits per heavy atom. The summed E-state index contributed by atoms with van der Waals surface area (Å²) in [5.41, 5.74) is 2.41. The molecule has 2 heterocycles. The van der Waals surface area contributed by atoms with Crippen LogP contribution in [0, 0.1) is 5.92 Å². The van der Waals surface area contributed by atoms with Crippen LogP contribution in [0.2, 0.25) is 0 Å². The van der Waals surface area contributed by atoms with Crippen molar-refractivity contribution in [3.8, 4) is 0 Å². The highest BCUT2D eigenvalue weighted by atomic mass is 32.1. The molecule has 0 spiro atoms. The number of nitrogens with zero attached hydrogens (tertiary/aromatic N) is 1. The van der Waals surface area contributed by atoms with E-state index in [1.807, 2.05) is 0 Å². The highest BCUT2D eigenvalue weighted by Gasteiger charge is 2.24. The first kappa shape index (κ1) is 22.6. The van der Waals surface area contributed by atoms with Crippen LogP contribution in [0.25, 0.3) is 10.8 Å². The van der Waals surface area contributed by atoms with Crippen molar-refractivity contribution >= 4 is 33.8 Å². The molecular weight excluding hydrogens is 422 g/mol. The maximum Gasteiger partial charge on any atom is 0.185 e. The van der Waals surface area contributed by atoms with E-state index in [2.05, 4.69) is 47.6 Å². The minimum Gasteiger partial charge on any atom is -0.482 e. The van der Waals surface area contributed by atoms with E-state index in [9.17, 15) is 4.79 Å². The molecule has 1 saturated heterocycles. The largest absolute Gasteiger partial charge is 0.482 e. The van der Waals surface area contributed by atoms with E-state index in [1.165, 1.54) is 16.3 Å². The number of hydrogen-bond acceptors (Lipinski definition) is 6. The summed E-state index contributed by atoms with van der Waals surface area (Å²) in [5, 5.41) is 7.06. The van der Waals surface area contributed by atoms with Gasteiger partial charge in [-0.3, -0.25) is 4.79 Å². The molecule has 0 amide bonds. The number of hydrogen-bond donors (Lipinski definition) is 0. The SMILES string of the molecule is CC(=S)OCc1c(C(=O)CCC2CCOC2)noc1CCCc1ccc2ccccc2c1. The number of thiocarbonyl (C=S) groups is 1. The number of ether oxygens (including phenoxy) is 2. The van der Waals surface area contributed by atoms with Gasteiger partial charge in [-0.15, -0.1) is 0 Å². The highest BCUT2D eigenvalue weighted by molar-refractivity contribution is 7.80. The lowest BCUT2D eigenvalue weighted by atomic mass is 9.98. The number of carbonyl (C=O) groups is 1. The number of carbonyl (C=O) groups excluding carboxylic acids is 1. The normalized spacial score (nSPS) is 15.8. The summed E-state index contributed by atoms with van der Waals surface area (Å²) >= 11 is 5.06. The van der Waals surface area contributed by atoms with Crippen molar-refractivity contribution < 1.29 is 18.8 Å².